The molecule has 0 aliphatic carbocycles. The first-order valence-corrected chi connectivity index (χ1v) is 6.59. The van der Waals surface area contributed by atoms with Crippen LogP contribution >= 0.6 is 11.6 Å². The van der Waals surface area contributed by atoms with E-state index in [1.165, 1.54) is 18.2 Å². The van der Waals surface area contributed by atoms with Crippen molar-refractivity contribution in [2.24, 2.45) is 0 Å². The number of alkyl halides is 3. The number of hydrogen-bond acceptors (Lipinski definition) is 2. The van der Waals surface area contributed by atoms with Gasteiger partial charge >= 0.3 is 6.18 Å². The Kier molecular flexibility index (Phi) is 4.75. The molecule has 0 saturated heterocycles. The van der Waals surface area contributed by atoms with E-state index in [1.807, 2.05) is 0 Å². The van der Waals surface area contributed by atoms with Gasteiger partial charge in [-0.05, 0) is 29.8 Å². The SMILES string of the molecule is OC(CNc1ccccc1C(F)(F)F)c1ccc(Cl)cc1. The maximum Gasteiger partial charge on any atom is 0.418 e. The molecule has 112 valence electrons. The van der Waals surface area contributed by atoms with Crippen LogP contribution in [0.1, 0.15) is 17.2 Å². The van der Waals surface area contributed by atoms with E-state index in [0.717, 1.165) is 6.07 Å². The zero-order valence-corrected chi connectivity index (χ0v) is 11.6. The average Bonchev–Trinajstić information content (AvgIpc) is 2.45. The summed E-state index contributed by atoms with van der Waals surface area (Å²) in [5.41, 5.74) is -0.234. The van der Waals surface area contributed by atoms with Crippen molar-refractivity contribution in [1.29, 1.82) is 0 Å². The first kappa shape index (κ1) is 15.7. The third-order valence-electron chi connectivity index (χ3n) is 2.97. The Morgan fingerprint density at radius 1 is 1.05 bits per heavy atom. The van der Waals surface area contributed by atoms with Crippen LogP contribution in [0.5, 0.6) is 0 Å². The highest BCUT2D eigenvalue weighted by atomic mass is 35.5. The van der Waals surface area contributed by atoms with Gasteiger partial charge in [-0.15, -0.1) is 0 Å². The Balaban J connectivity index is 2.08. The third kappa shape index (κ3) is 4.12. The number of aliphatic hydroxyl groups is 1. The summed E-state index contributed by atoms with van der Waals surface area (Å²) in [6, 6.07) is 11.6. The van der Waals surface area contributed by atoms with Crippen molar-refractivity contribution in [3.63, 3.8) is 0 Å². The van der Waals surface area contributed by atoms with Crippen LogP contribution in [0.3, 0.4) is 0 Å². The molecule has 0 aliphatic heterocycles. The molecular weight excluding hydrogens is 303 g/mol. The predicted octanol–water partition coefficient (Wildman–Crippen LogP) is 4.50. The molecule has 0 aliphatic rings. The molecule has 0 fully saturated rings. The second-order valence-electron chi connectivity index (χ2n) is 4.49. The molecule has 0 saturated carbocycles. The van der Waals surface area contributed by atoms with Gasteiger partial charge in [0.1, 0.15) is 0 Å². The number of anilines is 1. The number of hydrogen-bond donors (Lipinski definition) is 2. The van der Waals surface area contributed by atoms with Crippen LogP contribution in [0.15, 0.2) is 48.5 Å². The minimum absolute atomic E-state index is 0.0330. The van der Waals surface area contributed by atoms with E-state index in [2.05, 4.69) is 5.32 Å². The lowest BCUT2D eigenvalue weighted by Crippen LogP contribution is -2.16. The molecule has 21 heavy (non-hydrogen) atoms. The van der Waals surface area contributed by atoms with Gasteiger partial charge in [0.15, 0.2) is 0 Å². The fraction of sp³-hybridized carbons (Fsp3) is 0.200. The van der Waals surface area contributed by atoms with Crippen LogP contribution < -0.4 is 5.32 Å². The van der Waals surface area contributed by atoms with Crippen LogP contribution in [0.2, 0.25) is 5.02 Å². The topological polar surface area (TPSA) is 32.3 Å². The van der Waals surface area contributed by atoms with Crippen molar-refractivity contribution in [2.75, 3.05) is 11.9 Å². The second kappa shape index (κ2) is 6.37. The van der Waals surface area contributed by atoms with E-state index in [4.69, 9.17) is 11.6 Å². The average molecular weight is 316 g/mol. The van der Waals surface area contributed by atoms with Crippen LogP contribution in [0, 0.1) is 0 Å². The highest BCUT2D eigenvalue weighted by molar-refractivity contribution is 6.30. The molecule has 0 heterocycles. The lowest BCUT2D eigenvalue weighted by Gasteiger charge is -2.17. The first-order chi connectivity index (χ1) is 9.88. The first-order valence-electron chi connectivity index (χ1n) is 6.21. The van der Waals surface area contributed by atoms with Crippen molar-refractivity contribution in [3.8, 4) is 0 Å². The quantitative estimate of drug-likeness (QED) is 0.870. The van der Waals surface area contributed by atoms with Crippen molar-refractivity contribution in [2.45, 2.75) is 12.3 Å². The van der Waals surface area contributed by atoms with Gasteiger partial charge in [0.25, 0.3) is 0 Å². The van der Waals surface area contributed by atoms with Crippen LogP contribution in [-0.2, 0) is 6.18 Å². The molecule has 0 amide bonds. The summed E-state index contributed by atoms with van der Waals surface area (Å²) in [6.07, 6.45) is -5.36. The Morgan fingerprint density at radius 3 is 2.29 bits per heavy atom. The molecule has 0 bridgehead atoms. The van der Waals surface area contributed by atoms with Crippen molar-refractivity contribution in [1.82, 2.24) is 0 Å². The molecule has 0 aromatic heterocycles. The Bertz CT molecular complexity index is 599. The van der Waals surface area contributed by atoms with Crippen LogP contribution in [-0.4, -0.2) is 11.7 Å². The lowest BCUT2D eigenvalue weighted by atomic mass is 10.1. The Hall–Kier alpha value is -1.72. The molecule has 2 aromatic carbocycles. The van der Waals surface area contributed by atoms with Crippen molar-refractivity contribution >= 4 is 17.3 Å². The molecule has 0 spiro atoms. The molecule has 0 radical (unpaired) electrons. The smallest absolute Gasteiger partial charge is 0.387 e. The number of para-hydroxylation sites is 1. The normalized spacial score (nSPS) is 13.0. The van der Waals surface area contributed by atoms with E-state index in [-0.39, 0.29) is 12.2 Å². The Labute approximate surface area is 125 Å². The van der Waals surface area contributed by atoms with Gasteiger partial charge in [0, 0.05) is 17.3 Å². The van der Waals surface area contributed by atoms with Gasteiger partial charge in [0.2, 0.25) is 0 Å². The van der Waals surface area contributed by atoms with E-state index in [1.54, 1.807) is 24.3 Å². The second-order valence-corrected chi connectivity index (χ2v) is 4.93. The van der Waals surface area contributed by atoms with Gasteiger partial charge < -0.3 is 10.4 Å². The zero-order valence-electron chi connectivity index (χ0n) is 10.9. The summed E-state index contributed by atoms with van der Waals surface area (Å²) < 4.78 is 38.5. The molecule has 2 N–H and O–H groups in total. The summed E-state index contributed by atoms with van der Waals surface area (Å²) in [4.78, 5) is 0. The monoisotopic (exact) mass is 315 g/mol. The number of nitrogens with one attached hydrogen (secondary N) is 1. The van der Waals surface area contributed by atoms with E-state index >= 15 is 0 Å². The predicted molar refractivity (Wildman–Crippen MR) is 76.3 cm³/mol. The lowest BCUT2D eigenvalue weighted by molar-refractivity contribution is -0.137. The zero-order chi connectivity index (χ0) is 15.5. The van der Waals surface area contributed by atoms with Gasteiger partial charge in [-0.1, -0.05) is 35.9 Å². The summed E-state index contributed by atoms with van der Waals surface area (Å²) in [7, 11) is 0. The van der Waals surface area contributed by atoms with Crippen LogP contribution in [0.4, 0.5) is 18.9 Å². The highest BCUT2D eigenvalue weighted by Crippen LogP contribution is 2.34. The summed E-state index contributed by atoms with van der Waals surface area (Å²) in [6.45, 7) is -0.0330. The van der Waals surface area contributed by atoms with Gasteiger partial charge in [-0.2, -0.15) is 13.2 Å². The fourth-order valence-electron chi connectivity index (χ4n) is 1.89. The third-order valence-corrected chi connectivity index (χ3v) is 3.23. The van der Waals surface area contributed by atoms with Crippen molar-refractivity contribution < 1.29 is 18.3 Å². The van der Waals surface area contributed by atoms with Crippen LogP contribution in [0.25, 0.3) is 0 Å². The van der Waals surface area contributed by atoms with E-state index in [9.17, 15) is 18.3 Å². The highest BCUT2D eigenvalue weighted by Gasteiger charge is 2.33. The molecule has 2 rings (SSSR count). The standard InChI is InChI=1S/C15H13ClF3NO/c16-11-7-5-10(6-8-11)14(21)9-20-13-4-2-1-3-12(13)15(17,18)19/h1-8,14,20-21H,9H2. The van der Waals surface area contributed by atoms with Gasteiger partial charge in [-0.25, -0.2) is 0 Å². The minimum atomic E-state index is -4.44. The largest absolute Gasteiger partial charge is 0.418 e. The molecule has 2 nitrogen and oxygen atoms in total. The summed E-state index contributed by atoms with van der Waals surface area (Å²) >= 11 is 5.74. The fourth-order valence-corrected chi connectivity index (χ4v) is 2.02. The molecule has 6 heteroatoms. The maximum atomic E-state index is 12.8. The number of halogens is 4. The van der Waals surface area contributed by atoms with Gasteiger partial charge in [-0.3, -0.25) is 0 Å². The minimum Gasteiger partial charge on any atom is -0.387 e. The number of rotatable bonds is 4. The van der Waals surface area contributed by atoms with Crippen molar-refractivity contribution in [3.05, 3.63) is 64.7 Å². The number of benzene rings is 2. The molecule has 1 atom stereocenters. The van der Waals surface area contributed by atoms with E-state index in [0.29, 0.717) is 10.6 Å². The summed E-state index contributed by atoms with van der Waals surface area (Å²) in [5.74, 6) is 0. The maximum absolute atomic E-state index is 12.8. The van der Waals surface area contributed by atoms with Gasteiger partial charge in [0.05, 0.1) is 11.7 Å². The molecule has 2 aromatic rings. The number of aliphatic hydroxyl groups excluding tert-OH is 1. The summed E-state index contributed by atoms with van der Waals surface area (Å²) in [5, 5.41) is 13.1. The van der Waals surface area contributed by atoms with E-state index < -0.39 is 17.8 Å². The molecular formula is C15H13ClF3NO. The Morgan fingerprint density at radius 2 is 1.67 bits per heavy atom. The molecule has 1 unspecified atom stereocenters.